The maximum Gasteiger partial charge on any atom is 0.270 e. The Balaban J connectivity index is 1.98. The zero-order valence-corrected chi connectivity index (χ0v) is 12.4. The number of hydrogen-bond acceptors (Lipinski definition) is 6. The maximum absolute atomic E-state index is 12.3. The smallest absolute Gasteiger partial charge is 0.270 e. The Morgan fingerprint density at radius 1 is 1.30 bits per heavy atom. The van der Waals surface area contributed by atoms with E-state index in [0.29, 0.717) is 22.7 Å². The van der Waals surface area contributed by atoms with Gasteiger partial charge in [0.05, 0.1) is 10.3 Å². The fourth-order valence-corrected chi connectivity index (χ4v) is 2.22. The number of aryl methyl sites for hydroxylation is 2. The van der Waals surface area contributed by atoms with Crippen molar-refractivity contribution in [2.24, 2.45) is 0 Å². The van der Waals surface area contributed by atoms with Gasteiger partial charge >= 0.3 is 0 Å². The fraction of sp³-hybridized carbons (Fsp3) is 0.133. The van der Waals surface area contributed by atoms with E-state index in [4.69, 9.17) is 4.42 Å². The van der Waals surface area contributed by atoms with Gasteiger partial charge in [0.1, 0.15) is 17.9 Å². The second-order valence-electron chi connectivity index (χ2n) is 4.95. The number of carbonyl (C=O) groups excluding carboxylic acids is 1. The first-order valence-electron chi connectivity index (χ1n) is 6.74. The van der Waals surface area contributed by atoms with Crippen molar-refractivity contribution in [1.82, 2.24) is 9.97 Å². The number of furan rings is 1. The van der Waals surface area contributed by atoms with Crippen LogP contribution in [0.3, 0.4) is 0 Å². The number of benzene rings is 1. The van der Waals surface area contributed by atoms with E-state index in [2.05, 4.69) is 15.3 Å². The number of aromatic nitrogens is 2. The molecule has 2 heterocycles. The van der Waals surface area contributed by atoms with E-state index in [-0.39, 0.29) is 11.3 Å². The third-order valence-electron chi connectivity index (χ3n) is 3.52. The summed E-state index contributed by atoms with van der Waals surface area (Å²) in [5.41, 5.74) is 1.23. The number of nitrogens with zero attached hydrogens (tertiary/aromatic N) is 3. The number of non-ortho nitro benzene ring substituents is 1. The predicted molar refractivity (Wildman–Crippen MR) is 82.3 cm³/mol. The molecule has 0 bridgehead atoms. The minimum atomic E-state index is -0.552. The first-order chi connectivity index (χ1) is 11.0. The van der Waals surface area contributed by atoms with Gasteiger partial charge in [0, 0.05) is 23.3 Å². The van der Waals surface area contributed by atoms with Crippen LogP contribution in [0.5, 0.6) is 0 Å². The lowest BCUT2D eigenvalue weighted by atomic mass is 10.1. The molecule has 0 aliphatic heterocycles. The predicted octanol–water partition coefficient (Wildman–Crippen LogP) is 3.00. The molecule has 116 valence electrons. The van der Waals surface area contributed by atoms with Crippen molar-refractivity contribution in [3.63, 3.8) is 0 Å². The van der Waals surface area contributed by atoms with Crippen LogP contribution in [0.2, 0.25) is 0 Å². The normalized spacial score (nSPS) is 10.7. The summed E-state index contributed by atoms with van der Waals surface area (Å²) in [6, 6.07) is 5.48. The van der Waals surface area contributed by atoms with Crippen molar-refractivity contribution in [2.75, 3.05) is 5.32 Å². The molecule has 0 spiro atoms. The second kappa shape index (κ2) is 5.48. The molecule has 3 aromatic rings. The molecule has 1 amide bonds. The van der Waals surface area contributed by atoms with Gasteiger partial charge in [0.15, 0.2) is 0 Å². The molecule has 0 aliphatic carbocycles. The van der Waals surface area contributed by atoms with Gasteiger partial charge in [-0.2, -0.15) is 0 Å². The number of nitrogens with one attached hydrogen (secondary N) is 1. The van der Waals surface area contributed by atoms with Crippen molar-refractivity contribution in [2.45, 2.75) is 13.8 Å². The van der Waals surface area contributed by atoms with Crippen LogP contribution >= 0.6 is 0 Å². The Kier molecular flexibility index (Phi) is 3.49. The first kappa shape index (κ1) is 14.6. The number of anilines is 1. The van der Waals surface area contributed by atoms with Crippen LogP contribution in [0, 0.1) is 24.0 Å². The lowest BCUT2D eigenvalue weighted by Crippen LogP contribution is -2.13. The summed E-state index contributed by atoms with van der Waals surface area (Å²) in [6.07, 6.45) is 1.29. The van der Waals surface area contributed by atoms with Crippen LogP contribution < -0.4 is 5.32 Å². The van der Waals surface area contributed by atoms with E-state index in [1.54, 1.807) is 6.92 Å². The molecule has 0 fully saturated rings. The van der Waals surface area contributed by atoms with Crippen molar-refractivity contribution < 1.29 is 14.1 Å². The Bertz CT molecular complexity index is 932. The molecule has 0 radical (unpaired) electrons. The highest BCUT2D eigenvalue weighted by Gasteiger charge is 2.17. The van der Waals surface area contributed by atoms with Crippen molar-refractivity contribution in [3.8, 4) is 0 Å². The Morgan fingerprint density at radius 2 is 2.09 bits per heavy atom. The van der Waals surface area contributed by atoms with Crippen molar-refractivity contribution in [1.29, 1.82) is 0 Å². The summed E-state index contributed by atoms with van der Waals surface area (Å²) in [7, 11) is 0. The lowest BCUT2D eigenvalue weighted by Gasteiger charge is -2.05. The van der Waals surface area contributed by atoms with Gasteiger partial charge in [-0.15, -0.1) is 0 Å². The number of hydrogen-bond donors (Lipinski definition) is 1. The van der Waals surface area contributed by atoms with Gasteiger partial charge in [-0.1, -0.05) is 6.07 Å². The molecule has 2 aromatic heterocycles. The van der Waals surface area contributed by atoms with Crippen molar-refractivity contribution in [3.05, 3.63) is 57.6 Å². The number of nitro groups is 1. The van der Waals surface area contributed by atoms with E-state index >= 15 is 0 Å². The summed E-state index contributed by atoms with van der Waals surface area (Å²) in [5, 5.41) is 14.1. The van der Waals surface area contributed by atoms with Gasteiger partial charge < -0.3 is 9.73 Å². The standard InChI is InChI=1S/C15H12N4O4/c1-8-9(2)23-15-12(8)13(16-7-17-15)18-14(20)10-4-3-5-11(6-10)19(21)22/h3-7H,1-2H3,(H,16,17,18,20). The summed E-state index contributed by atoms with van der Waals surface area (Å²) in [5.74, 6) is 0.499. The quantitative estimate of drug-likeness (QED) is 0.587. The topological polar surface area (TPSA) is 111 Å². The molecule has 0 atom stereocenters. The molecule has 0 aliphatic rings. The molecule has 23 heavy (non-hydrogen) atoms. The summed E-state index contributed by atoms with van der Waals surface area (Å²) in [6.45, 7) is 3.64. The van der Waals surface area contributed by atoms with Gasteiger partial charge in [-0.05, 0) is 19.9 Å². The number of amides is 1. The Morgan fingerprint density at radius 3 is 2.83 bits per heavy atom. The van der Waals surface area contributed by atoms with Crippen LogP contribution in [0.4, 0.5) is 11.5 Å². The highest BCUT2D eigenvalue weighted by Crippen LogP contribution is 2.28. The molecular weight excluding hydrogens is 300 g/mol. The van der Waals surface area contributed by atoms with Gasteiger partial charge in [0.25, 0.3) is 11.6 Å². The number of rotatable bonds is 3. The lowest BCUT2D eigenvalue weighted by molar-refractivity contribution is -0.384. The first-order valence-corrected chi connectivity index (χ1v) is 6.74. The fourth-order valence-electron chi connectivity index (χ4n) is 2.22. The molecule has 0 saturated carbocycles. The zero-order chi connectivity index (χ0) is 16.6. The van der Waals surface area contributed by atoms with Crippen LogP contribution in [-0.4, -0.2) is 20.8 Å². The van der Waals surface area contributed by atoms with Crippen LogP contribution in [0.25, 0.3) is 11.1 Å². The number of nitro benzene ring substituents is 1. The Labute approximate surface area is 130 Å². The third-order valence-corrected chi connectivity index (χ3v) is 3.52. The second-order valence-corrected chi connectivity index (χ2v) is 4.95. The van der Waals surface area contributed by atoms with Gasteiger partial charge in [-0.3, -0.25) is 14.9 Å². The minimum absolute atomic E-state index is 0.152. The van der Waals surface area contributed by atoms with E-state index in [1.807, 2.05) is 6.92 Å². The van der Waals surface area contributed by atoms with Crippen LogP contribution in [0.15, 0.2) is 35.0 Å². The largest absolute Gasteiger partial charge is 0.443 e. The zero-order valence-electron chi connectivity index (χ0n) is 12.4. The third kappa shape index (κ3) is 2.61. The van der Waals surface area contributed by atoms with E-state index < -0.39 is 10.8 Å². The molecule has 3 rings (SSSR count). The van der Waals surface area contributed by atoms with Crippen LogP contribution in [-0.2, 0) is 0 Å². The molecule has 0 saturated heterocycles. The number of fused-ring (bicyclic) bond motifs is 1. The van der Waals surface area contributed by atoms with E-state index in [9.17, 15) is 14.9 Å². The Hall–Kier alpha value is -3.29. The number of carbonyl (C=O) groups is 1. The van der Waals surface area contributed by atoms with Crippen LogP contribution in [0.1, 0.15) is 21.7 Å². The molecule has 1 aromatic carbocycles. The maximum atomic E-state index is 12.3. The minimum Gasteiger partial charge on any atom is -0.443 e. The van der Waals surface area contributed by atoms with Gasteiger partial charge in [0.2, 0.25) is 5.71 Å². The SMILES string of the molecule is Cc1oc2ncnc(NC(=O)c3cccc([N+](=O)[O-])c3)c2c1C. The molecule has 8 heteroatoms. The van der Waals surface area contributed by atoms with E-state index in [0.717, 1.165) is 5.56 Å². The summed E-state index contributed by atoms with van der Waals surface area (Å²) in [4.78, 5) is 30.7. The molecule has 8 nitrogen and oxygen atoms in total. The summed E-state index contributed by atoms with van der Waals surface area (Å²) < 4.78 is 5.49. The van der Waals surface area contributed by atoms with E-state index in [1.165, 1.54) is 30.6 Å². The average Bonchev–Trinajstić information content (AvgIpc) is 2.83. The summed E-state index contributed by atoms with van der Waals surface area (Å²) >= 11 is 0. The highest BCUT2D eigenvalue weighted by atomic mass is 16.6. The average molecular weight is 312 g/mol. The van der Waals surface area contributed by atoms with Gasteiger partial charge in [-0.25, -0.2) is 9.97 Å². The van der Waals surface area contributed by atoms with Crippen molar-refractivity contribution >= 4 is 28.5 Å². The molecular formula is C15H12N4O4. The molecule has 0 unspecified atom stereocenters. The molecule has 1 N–H and O–H groups in total. The highest BCUT2D eigenvalue weighted by molar-refractivity contribution is 6.08. The monoisotopic (exact) mass is 312 g/mol.